The first-order valence-corrected chi connectivity index (χ1v) is 7.37. The molecule has 0 saturated heterocycles. The van der Waals surface area contributed by atoms with Gasteiger partial charge in [-0.3, -0.25) is 0 Å². The second-order valence-electron chi connectivity index (χ2n) is 5.91. The van der Waals surface area contributed by atoms with E-state index in [4.69, 9.17) is 0 Å². The molecule has 110 valence electrons. The first-order valence-electron chi connectivity index (χ1n) is 7.37. The van der Waals surface area contributed by atoms with Gasteiger partial charge in [0.1, 0.15) is 17.7 Å². The average molecular weight is 277 g/mol. The summed E-state index contributed by atoms with van der Waals surface area (Å²) in [7, 11) is 0. The fourth-order valence-electron chi connectivity index (χ4n) is 2.73. The molecule has 1 fully saturated rings. The number of aliphatic carboxylic acids is 1. The van der Waals surface area contributed by atoms with E-state index in [2.05, 4.69) is 29.1 Å². The molecule has 0 radical (unpaired) electrons. The van der Waals surface area contributed by atoms with Gasteiger partial charge >= 0.3 is 5.97 Å². The number of anilines is 1. The lowest BCUT2D eigenvalue weighted by molar-refractivity contribution is -0.142. The molecule has 1 saturated carbocycles. The molecule has 20 heavy (non-hydrogen) atoms. The minimum absolute atomic E-state index is 0.300. The van der Waals surface area contributed by atoms with Gasteiger partial charge in [0.25, 0.3) is 0 Å². The van der Waals surface area contributed by atoms with Crippen LogP contribution in [0.25, 0.3) is 0 Å². The van der Waals surface area contributed by atoms with Gasteiger partial charge in [-0.05, 0) is 18.8 Å². The first kappa shape index (κ1) is 14.8. The summed E-state index contributed by atoms with van der Waals surface area (Å²) in [6.07, 6.45) is 6.93. The van der Waals surface area contributed by atoms with E-state index in [1.165, 1.54) is 6.33 Å². The summed E-state index contributed by atoms with van der Waals surface area (Å²) in [6, 6.07) is 1.86. The van der Waals surface area contributed by atoms with Crippen molar-refractivity contribution < 1.29 is 9.90 Å². The van der Waals surface area contributed by atoms with E-state index in [0.29, 0.717) is 24.6 Å². The number of carbonyl (C=O) groups is 1. The van der Waals surface area contributed by atoms with Crippen molar-refractivity contribution in [3.8, 4) is 0 Å². The van der Waals surface area contributed by atoms with Crippen LogP contribution in [0.2, 0.25) is 0 Å². The third kappa shape index (κ3) is 3.26. The number of carboxylic acid groups (broad SMARTS) is 1. The van der Waals surface area contributed by atoms with Crippen molar-refractivity contribution in [3.63, 3.8) is 0 Å². The molecular weight excluding hydrogens is 254 g/mol. The molecule has 0 amide bonds. The predicted octanol–water partition coefficient (Wildman–Crippen LogP) is 3.19. The zero-order valence-corrected chi connectivity index (χ0v) is 12.2. The molecule has 1 heterocycles. The second kappa shape index (κ2) is 6.20. The molecule has 0 aromatic carbocycles. The minimum atomic E-state index is -0.876. The molecule has 0 bridgehead atoms. The summed E-state index contributed by atoms with van der Waals surface area (Å²) in [6.45, 7) is 4.12. The highest BCUT2D eigenvalue weighted by molar-refractivity contribution is 5.82. The molecule has 1 aliphatic carbocycles. The van der Waals surface area contributed by atoms with Crippen molar-refractivity contribution in [1.82, 2.24) is 9.97 Å². The normalized spacial score (nSPS) is 18.6. The molecule has 1 aromatic heterocycles. The summed E-state index contributed by atoms with van der Waals surface area (Å²) in [4.78, 5) is 20.2. The van der Waals surface area contributed by atoms with Crippen LogP contribution < -0.4 is 5.32 Å². The molecule has 2 N–H and O–H groups in total. The van der Waals surface area contributed by atoms with Crippen LogP contribution in [0.5, 0.6) is 0 Å². The number of rotatable bonds is 4. The molecule has 5 heteroatoms. The molecule has 2 rings (SSSR count). The highest BCUT2D eigenvalue weighted by atomic mass is 16.4. The summed E-state index contributed by atoms with van der Waals surface area (Å²) in [5, 5.41) is 12.8. The van der Waals surface area contributed by atoms with Crippen LogP contribution in [-0.2, 0) is 4.79 Å². The molecule has 1 aliphatic rings. The number of aromatic nitrogens is 2. The van der Waals surface area contributed by atoms with Crippen molar-refractivity contribution in [2.24, 2.45) is 0 Å². The van der Waals surface area contributed by atoms with Crippen molar-refractivity contribution in [3.05, 3.63) is 18.1 Å². The lowest BCUT2D eigenvalue weighted by Crippen LogP contribution is -2.46. The number of carboxylic acids is 1. The zero-order valence-electron chi connectivity index (χ0n) is 12.2. The van der Waals surface area contributed by atoms with Crippen LogP contribution >= 0.6 is 0 Å². The van der Waals surface area contributed by atoms with Gasteiger partial charge in [0.15, 0.2) is 0 Å². The molecule has 1 aromatic rings. The van der Waals surface area contributed by atoms with Gasteiger partial charge in [0.2, 0.25) is 0 Å². The van der Waals surface area contributed by atoms with Gasteiger partial charge in [0.05, 0.1) is 0 Å². The molecule has 0 spiro atoms. The smallest absolute Gasteiger partial charge is 0.329 e. The Morgan fingerprint density at radius 2 is 1.90 bits per heavy atom. The lowest BCUT2D eigenvalue weighted by Gasteiger charge is -2.30. The van der Waals surface area contributed by atoms with Gasteiger partial charge in [-0.25, -0.2) is 14.8 Å². The van der Waals surface area contributed by atoms with Crippen LogP contribution in [0.3, 0.4) is 0 Å². The Hall–Kier alpha value is -1.65. The van der Waals surface area contributed by atoms with E-state index < -0.39 is 11.5 Å². The SMILES string of the molecule is CC(C)c1cc(NC2(C(=O)O)CCCCCC2)ncn1. The Morgan fingerprint density at radius 1 is 1.25 bits per heavy atom. The summed E-state index contributed by atoms with van der Waals surface area (Å²) < 4.78 is 0. The highest BCUT2D eigenvalue weighted by Gasteiger charge is 2.38. The monoisotopic (exact) mass is 277 g/mol. The number of hydrogen-bond acceptors (Lipinski definition) is 4. The maximum absolute atomic E-state index is 11.7. The van der Waals surface area contributed by atoms with E-state index >= 15 is 0 Å². The van der Waals surface area contributed by atoms with Gasteiger partial charge < -0.3 is 10.4 Å². The van der Waals surface area contributed by atoms with Crippen molar-refractivity contribution in [2.45, 2.75) is 63.8 Å². The second-order valence-corrected chi connectivity index (χ2v) is 5.91. The third-order valence-electron chi connectivity index (χ3n) is 4.01. The van der Waals surface area contributed by atoms with Crippen LogP contribution in [0.4, 0.5) is 5.82 Å². The predicted molar refractivity (Wildman–Crippen MR) is 77.8 cm³/mol. The molecule has 0 unspecified atom stereocenters. The van der Waals surface area contributed by atoms with Crippen molar-refractivity contribution in [1.29, 1.82) is 0 Å². The van der Waals surface area contributed by atoms with Crippen LogP contribution in [0.1, 0.15) is 64.0 Å². The standard InChI is InChI=1S/C15H23N3O2/c1-11(2)12-9-13(17-10-16-12)18-15(14(19)20)7-5-3-4-6-8-15/h9-11H,3-8H2,1-2H3,(H,19,20)(H,16,17,18). The summed E-state index contributed by atoms with van der Waals surface area (Å²) >= 11 is 0. The van der Waals surface area contributed by atoms with E-state index in [1.54, 1.807) is 0 Å². The highest BCUT2D eigenvalue weighted by Crippen LogP contribution is 2.31. The quantitative estimate of drug-likeness (QED) is 0.827. The first-order chi connectivity index (χ1) is 9.53. The Kier molecular flexibility index (Phi) is 4.57. The fourth-order valence-corrected chi connectivity index (χ4v) is 2.73. The minimum Gasteiger partial charge on any atom is -0.480 e. The Labute approximate surface area is 119 Å². The molecule has 0 atom stereocenters. The number of hydrogen-bond donors (Lipinski definition) is 2. The Balaban J connectivity index is 2.23. The number of nitrogens with one attached hydrogen (secondary N) is 1. The summed E-state index contributed by atoms with van der Waals surface area (Å²) in [5.41, 5.74) is 0.0516. The van der Waals surface area contributed by atoms with Gasteiger partial charge in [-0.1, -0.05) is 39.5 Å². The average Bonchev–Trinajstić information content (AvgIpc) is 2.65. The number of nitrogens with zero attached hydrogens (tertiary/aromatic N) is 2. The van der Waals surface area contributed by atoms with Gasteiger partial charge in [0, 0.05) is 11.8 Å². The lowest BCUT2D eigenvalue weighted by atomic mass is 9.90. The van der Waals surface area contributed by atoms with Gasteiger partial charge in [-0.15, -0.1) is 0 Å². The van der Waals surface area contributed by atoms with E-state index in [-0.39, 0.29) is 0 Å². The van der Waals surface area contributed by atoms with E-state index in [1.807, 2.05) is 6.07 Å². The van der Waals surface area contributed by atoms with Crippen molar-refractivity contribution in [2.75, 3.05) is 5.32 Å². The molecule has 5 nitrogen and oxygen atoms in total. The van der Waals surface area contributed by atoms with Crippen LogP contribution in [0.15, 0.2) is 12.4 Å². The largest absolute Gasteiger partial charge is 0.480 e. The van der Waals surface area contributed by atoms with Crippen molar-refractivity contribution >= 4 is 11.8 Å². The third-order valence-corrected chi connectivity index (χ3v) is 4.01. The van der Waals surface area contributed by atoms with Crippen LogP contribution in [-0.4, -0.2) is 26.6 Å². The van der Waals surface area contributed by atoms with E-state index in [0.717, 1.165) is 31.4 Å². The van der Waals surface area contributed by atoms with Crippen LogP contribution in [0, 0.1) is 0 Å². The molecular formula is C15H23N3O2. The van der Waals surface area contributed by atoms with E-state index in [9.17, 15) is 9.90 Å². The zero-order chi connectivity index (χ0) is 14.6. The van der Waals surface area contributed by atoms with Gasteiger partial charge in [-0.2, -0.15) is 0 Å². The topological polar surface area (TPSA) is 75.1 Å². The maximum atomic E-state index is 11.7. The summed E-state index contributed by atoms with van der Waals surface area (Å²) in [5.74, 6) is 0.144. The molecule has 0 aliphatic heterocycles. The fraction of sp³-hybridized carbons (Fsp3) is 0.667. The Morgan fingerprint density at radius 3 is 2.45 bits per heavy atom. The Bertz CT molecular complexity index is 466. The maximum Gasteiger partial charge on any atom is 0.329 e.